The second-order valence-corrected chi connectivity index (χ2v) is 11.5. The number of imidazole rings is 1. The summed E-state index contributed by atoms with van der Waals surface area (Å²) in [5.74, 6) is 1.34. The van der Waals surface area contributed by atoms with Crippen LogP contribution in [0.15, 0.2) is 47.6 Å². The summed E-state index contributed by atoms with van der Waals surface area (Å²) in [5, 5.41) is 5.71. The van der Waals surface area contributed by atoms with Crippen LogP contribution in [0, 0.1) is 0 Å². The normalized spacial score (nSPS) is 17.3. The number of nitrogens with zero attached hydrogens (tertiary/aromatic N) is 5. The molecule has 1 atom stereocenters. The van der Waals surface area contributed by atoms with Crippen molar-refractivity contribution in [3.63, 3.8) is 0 Å². The topological polar surface area (TPSA) is 140 Å². The van der Waals surface area contributed by atoms with Crippen LogP contribution in [0.25, 0.3) is 0 Å². The van der Waals surface area contributed by atoms with Gasteiger partial charge in [0.05, 0.1) is 50.6 Å². The second kappa shape index (κ2) is 14.0. The van der Waals surface area contributed by atoms with Gasteiger partial charge in [-0.15, -0.1) is 0 Å². The molecular formula is C33H39N7O6. The van der Waals surface area contributed by atoms with Gasteiger partial charge in [-0.05, 0) is 49.6 Å². The number of rotatable bonds is 11. The lowest BCUT2D eigenvalue weighted by molar-refractivity contribution is -0.116. The van der Waals surface area contributed by atoms with Crippen LogP contribution in [0.1, 0.15) is 41.9 Å². The predicted molar refractivity (Wildman–Crippen MR) is 174 cm³/mol. The van der Waals surface area contributed by atoms with Crippen LogP contribution >= 0.6 is 0 Å². The van der Waals surface area contributed by atoms with E-state index in [4.69, 9.17) is 14.2 Å². The highest BCUT2D eigenvalue weighted by atomic mass is 16.5. The summed E-state index contributed by atoms with van der Waals surface area (Å²) in [7, 11) is 3.31. The van der Waals surface area contributed by atoms with Crippen LogP contribution in [0.4, 0.5) is 22.9 Å². The SMILES string of the molecule is COc1cc2c(cc1OCCCC(=O)Nc1cn(C)c(CC(=O)Nc3ccc(N4CCOCC4)cc3)n1)N=C[C@@H]1CCCN1C2=O. The lowest BCUT2D eigenvalue weighted by Gasteiger charge is -2.28. The molecule has 1 aromatic heterocycles. The minimum absolute atomic E-state index is 0.0186. The molecule has 13 heteroatoms. The Bertz CT molecular complexity index is 1610. The minimum Gasteiger partial charge on any atom is -0.493 e. The molecule has 3 aliphatic heterocycles. The monoisotopic (exact) mass is 629 g/mol. The molecule has 46 heavy (non-hydrogen) atoms. The van der Waals surface area contributed by atoms with Crippen molar-refractivity contribution in [2.75, 3.05) is 62.1 Å². The quantitative estimate of drug-likeness (QED) is 0.307. The van der Waals surface area contributed by atoms with E-state index in [0.717, 1.165) is 38.2 Å². The van der Waals surface area contributed by atoms with Gasteiger partial charge in [0.1, 0.15) is 5.82 Å². The third-order valence-corrected chi connectivity index (χ3v) is 8.35. The van der Waals surface area contributed by atoms with Gasteiger partial charge in [-0.1, -0.05) is 0 Å². The lowest BCUT2D eigenvalue weighted by atomic mass is 10.1. The molecule has 3 amide bonds. The van der Waals surface area contributed by atoms with Crippen LogP contribution < -0.4 is 25.0 Å². The molecule has 4 heterocycles. The van der Waals surface area contributed by atoms with Crippen molar-refractivity contribution in [3.8, 4) is 11.5 Å². The van der Waals surface area contributed by atoms with Gasteiger partial charge in [0.15, 0.2) is 17.3 Å². The Morgan fingerprint density at radius 3 is 2.63 bits per heavy atom. The van der Waals surface area contributed by atoms with Crippen molar-refractivity contribution in [3.05, 3.63) is 54.0 Å². The third-order valence-electron chi connectivity index (χ3n) is 8.35. The maximum Gasteiger partial charge on any atom is 0.256 e. The average Bonchev–Trinajstić information content (AvgIpc) is 3.64. The summed E-state index contributed by atoms with van der Waals surface area (Å²) < 4.78 is 18.6. The number of methoxy groups -OCH3 is 1. The first-order valence-electron chi connectivity index (χ1n) is 15.6. The number of nitrogens with one attached hydrogen (secondary N) is 2. The zero-order valence-corrected chi connectivity index (χ0v) is 26.2. The number of aromatic nitrogens is 2. The van der Waals surface area contributed by atoms with E-state index in [2.05, 4.69) is 25.5 Å². The fraction of sp³-hybridized carbons (Fsp3) is 0.424. The maximum absolute atomic E-state index is 13.1. The standard InChI is InChI=1S/C33H39N7O6/c1-38-21-29(36-30(38)19-32(42)35-22-7-9-23(10-8-22)39-12-15-45-16-13-39)37-31(41)6-4-14-46-28-18-26-25(17-27(28)44-2)33(43)40-11-3-5-24(40)20-34-26/h7-10,17-18,20-21,24H,3-6,11-16,19H2,1-2H3,(H,35,42)(H,37,41)/t24-/m0/s1. The summed E-state index contributed by atoms with van der Waals surface area (Å²) in [6.45, 7) is 4.10. The van der Waals surface area contributed by atoms with Crippen LogP contribution in [-0.2, 0) is 27.8 Å². The van der Waals surface area contributed by atoms with E-state index in [-0.39, 0.29) is 43.2 Å². The summed E-state index contributed by atoms with van der Waals surface area (Å²) >= 11 is 0. The van der Waals surface area contributed by atoms with E-state index < -0.39 is 0 Å². The first-order valence-corrected chi connectivity index (χ1v) is 15.6. The molecule has 0 saturated carbocycles. The summed E-state index contributed by atoms with van der Waals surface area (Å²) in [4.78, 5) is 51.5. The van der Waals surface area contributed by atoms with E-state index in [1.807, 2.05) is 35.4 Å². The Hall–Kier alpha value is -4.91. The number of carbonyl (C=O) groups excluding carboxylic acids is 3. The Balaban J connectivity index is 0.965. The first kappa shape index (κ1) is 31.1. The molecular weight excluding hydrogens is 590 g/mol. The van der Waals surface area contributed by atoms with E-state index in [9.17, 15) is 14.4 Å². The number of aliphatic imine (C=N–C) groups is 1. The molecule has 2 N–H and O–H groups in total. The van der Waals surface area contributed by atoms with E-state index >= 15 is 0 Å². The third kappa shape index (κ3) is 7.15. The van der Waals surface area contributed by atoms with Crippen LogP contribution in [0.5, 0.6) is 11.5 Å². The van der Waals surface area contributed by atoms with Crippen molar-refractivity contribution in [2.24, 2.45) is 12.0 Å². The van der Waals surface area contributed by atoms with E-state index in [0.29, 0.717) is 59.7 Å². The Kier molecular flexibility index (Phi) is 9.48. The molecule has 13 nitrogen and oxygen atoms in total. The molecule has 0 spiro atoms. The van der Waals surface area contributed by atoms with Crippen molar-refractivity contribution in [1.29, 1.82) is 0 Å². The molecule has 3 aliphatic rings. The smallest absolute Gasteiger partial charge is 0.256 e. The number of hydrogen-bond donors (Lipinski definition) is 2. The molecule has 6 rings (SSSR count). The van der Waals surface area contributed by atoms with Crippen molar-refractivity contribution in [2.45, 2.75) is 38.1 Å². The first-order chi connectivity index (χ1) is 22.4. The van der Waals surface area contributed by atoms with Gasteiger partial charge >= 0.3 is 0 Å². The number of hydrogen-bond acceptors (Lipinski definition) is 9. The van der Waals surface area contributed by atoms with Crippen LogP contribution in [0.3, 0.4) is 0 Å². The van der Waals surface area contributed by atoms with Gasteiger partial charge in [0, 0.05) is 63.0 Å². The van der Waals surface area contributed by atoms with E-state index in [1.54, 1.807) is 29.9 Å². The second-order valence-electron chi connectivity index (χ2n) is 11.5. The number of amides is 3. The highest BCUT2D eigenvalue weighted by Crippen LogP contribution is 2.38. The van der Waals surface area contributed by atoms with E-state index in [1.165, 1.54) is 7.11 Å². The molecule has 3 aromatic rings. The van der Waals surface area contributed by atoms with Gasteiger partial charge < -0.3 is 39.2 Å². The number of morpholine rings is 1. The van der Waals surface area contributed by atoms with Crippen molar-refractivity contribution < 1.29 is 28.6 Å². The molecule has 2 saturated heterocycles. The molecule has 0 aliphatic carbocycles. The fourth-order valence-electron chi connectivity index (χ4n) is 5.90. The average molecular weight is 630 g/mol. The Labute approximate surface area is 267 Å². The zero-order valence-electron chi connectivity index (χ0n) is 26.2. The fourth-order valence-corrected chi connectivity index (χ4v) is 5.90. The number of benzene rings is 2. The number of carbonyl (C=O) groups is 3. The minimum atomic E-state index is -0.220. The van der Waals surface area contributed by atoms with Crippen molar-refractivity contribution >= 4 is 46.8 Å². The molecule has 0 bridgehead atoms. The van der Waals surface area contributed by atoms with Crippen LogP contribution in [0.2, 0.25) is 0 Å². The van der Waals surface area contributed by atoms with Gasteiger partial charge in [-0.2, -0.15) is 0 Å². The highest BCUT2D eigenvalue weighted by Gasteiger charge is 2.32. The van der Waals surface area contributed by atoms with Gasteiger partial charge in [-0.25, -0.2) is 4.98 Å². The summed E-state index contributed by atoms with van der Waals surface area (Å²) in [6.07, 6.45) is 6.09. The molecule has 2 fully saturated rings. The molecule has 0 unspecified atom stereocenters. The van der Waals surface area contributed by atoms with Gasteiger partial charge in [0.25, 0.3) is 5.91 Å². The predicted octanol–water partition coefficient (Wildman–Crippen LogP) is 3.56. The number of aryl methyl sites for hydroxylation is 1. The van der Waals surface area contributed by atoms with Crippen LogP contribution in [-0.4, -0.2) is 91.0 Å². The maximum atomic E-state index is 13.1. The summed E-state index contributed by atoms with van der Waals surface area (Å²) in [5.41, 5.74) is 2.85. The molecule has 2 aromatic carbocycles. The lowest BCUT2D eigenvalue weighted by Crippen LogP contribution is -2.36. The highest BCUT2D eigenvalue weighted by molar-refractivity contribution is 6.03. The summed E-state index contributed by atoms with van der Waals surface area (Å²) in [6, 6.07) is 11.2. The Morgan fingerprint density at radius 1 is 1.04 bits per heavy atom. The zero-order chi connectivity index (χ0) is 32.0. The van der Waals surface area contributed by atoms with Crippen molar-refractivity contribution in [1.82, 2.24) is 14.5 Å². The number of fused-ring (bicyclic) bond motifs is 2. The largest absolute Gasteiger partial charge is 0.493 e. The Morgan fingerprint density at radius 2 is 1.85 bits per heavy atom. The van der Waals surface area contributed by atoms with Gasteiger partial charge in [-0.3, -0.25) is 19.4 Å². The molecule has 0 radical (unpaired) electrons. The molecule has 242 valence electrons. The number of ether oxygens (including phenoxy) is 3. The van der Waals surface area contributed by atoms with Gasteiger partial charge in [0.2, 0.25) is 11.8 Å². The number of anilines is 3.